The first-order valence-electron chi connectivity index (χ1n) is 7.04. The number of aliphatic imine (C=N–C) groups is 1. The van der Waals surface area contributed by atoms with Gasteiger partial charge in [-0.05, 0) is 6.92 Å². The second-order valence-corrected chi connectivity index (χ2v) is 5.75. The van der Waals surface area contributed by atoms with Crippen molar-refractivity contribution in [3.8, 4) is 0 Å². The van der Waals surface area contributed by atoms with E-state index < -0.39 is 12.6 Å². The van der Waals surface area contributed by atoms with Crippen LogP contribution in [0.3, 0.4) is 0 Å². The zero-order valence-electron chi connectivity index (χ0n) is 13.6. The van der Waals surface area contributed by atoms with E-state index in [2.05, 4.69) is 25.8 Å². The summed E-state index contributed by atoms with van der Waals surface area (Å²) in [5.41, 5.74) is -0.260. The molecule has 6 nitrogen and oxygen atoms in total. The van der Waals surface area contributed by atoms with Crippen LogP contribution in [0, 0.1) is 0 Å². The maximum Gasteiger partial charge on any atom is 0.390 e. The van der Waals surface area contributed by atoms with Gasteiger partial charge in [-0.25, -0.2) is 4.99 Å². The lowest BCUT2D eigenvalue weighted by atomic mass is 9.97. The summed E-state index contributed by atoms with van der Waals surface area (Å²) < 4.78 is 41.5. The Morgan fingerprint density at radius 2 is 1.87 bits per heavy atom. The second-order valence-electron chi connectivity index (χ2n) is 5.75. The third-order valence-electron chi connectivity index (χ3n) is 2.53. The van der Waals surface area contributed by atoms with E-state index >= 15 is 0 Å². The number of halogens is 4. The Morgan fingerprint density at radius 3 is 2.35 bits per heavy atom. The molecule has 0 bridgehead atoms. The van der Waals surface area contributed by atoms with Gasteiger partial charge in [0.25, 0.3) is 0 Å². The number of aromatic nitrogens is 2. The lowest BCUT2D eigenvalue weighted by molar-refractivity contribution is -0.132. The van der Waals surface area contributed by atoms with Crippen LogP contribution in [0.2, 0.25) is 0 Å². The number of hydrogen-bond donors (Lipinski definition) is 2. The molecule has 0 aliphatic heterocycles. The van der Waals surface area contributed by atoms with Gasteiger partial charge in [-0.2, -0.15) is 18.2 Å². The number of nitrogens with zero attached hydrogens (tertiary/aromatic N) is 3. The van der Waals surface area contributed by atoms with E-state index in [9.17, 15) is 13.2 Å². The predicted molar refractivity (Wildman–Crippen MR) is 91.9 cm³/mol. The van der Waals surface area contributed by atoms with Gasteiger partial charge in [0.1, 0.15) is 6.54 Å². The topological polar surface area (TPSA) is 75.3 Å². The van der Waals surface area contributed by atoms with Crippen LogP contribution in [-0.2, 0) is 12.0 Å². The van der Waals surface area contributed by atoms with Crippen molar-refractivity contribution in [3.63, 3.8) is 0 Å². The van der Waals surface area contributed by atoms with Gasteiger partial charge in [-0.15, -0.1) is 24.0 Å². The highest BCUT2D eigenvalue weighted by Crippen LogP contribution is 2.20. The maximum absolute atomic E-state index is 12.1. The normalized spacial score (nSPS) is 12.7. The Bertz CT molecular complexity index is 497. The zero-order valence-corrected chi connectivity index (χ0v) is 16.0. The summed E-state index contributed by atoms with van der Waals surface area (Å²) in [6.07, 6.45) is -5.12. The fourth-order valence-corrected chi connectivity index (χ4v) is 1.44. The highest BCUT2D eigenvalue weighted by atomic mass is 127. The molecule has 0 atom stereocenters. The van der Waals surface area contributed by atoms with E-state index in [0.717, 1.165) is 0 Å². The first kappa shape index (κ1) is 21.9. The smallest absolute Gasteiger partial charge is 0.357 e. The minimum atomic E-state index is -4.19. The first-order chi connectivity index (χ1) is 10.1. The van der Waals surface area contributed by atoms with Crippen molar-refractivity contribution in [3.05, 3.63) is 11.7 Å². The van der Waals surface area contributed by atoms with Crippen molar-refractivity contribution in [2.24, 2.45) is 4.99 Å². The summed E-state index contributed by atoms with van der Waals surface area (Å²) in [5, 5.41) is 9.28. The summed E-state index contributed by atoms with van der Waals surface area (Å²) in [6, 6.07) is 0. The van der Waals surface area contributed by atoms with Crippen molar-refractivity contribution >= 4 is 29.9 Å². The fraction of sp³-hybridized carbons (Fsp3) is 0.769. The molecule has 1 heterocycles. The van der Waals surface area contributed by atoms with Gasteiger partial charge in [-0.3, -0.25) is 0 Å². The zero-order chi connectivity index (χ0) is 16.8. The molecule has 0 amide bonds. The molecule has 1 aromatic heterocycles. The van der Waals surface area contributed by atoms with E-state index in [1.165, 1.54) is 0 Å². The molecule has 0 aromatic carbocycles. The van der Waals surface area contributed by atoms with Gasteiger partial charge < -0.3 is 15.2 Å². The van der Waals surface area contributed by atoms with Crippen LogP contribution in [0.1, 0.15) is 45.8 Å². The van der Waals surface area contributed by atoms with Gasteiger partial charge >= 0.3 is 6.18 Å². The average molecular weight is 449 g/mol. The van der Waals surface area contributed by atoms with Crippen LogP contribution in [0.4, 0.5) is 13.2 Å². The molecule has 0 spiro atoms. The molecule has 0 aliphatic rings. The highest BCUT2D eigenvalue weighted by molar-refractivity contribution is 14.0. The van der Waals surface area contributed by atoms with Gasteiger partial charge in [0.05, 0.1) is 6.42 Å². The van der Waals surface area contributed by atoms with Crippen LogP contribution < -0.4 is 10.6 Å². The molecule has 1 rings (SSSR count). The molecule has 2 N–H and O–H groups in total. The van der Waals surface area contributed by atoms with Gasteiger partial charge in [0.2, 0.25) is 5.89 Å². The van der Waals surface area contributed by atoms with Crippen LogP contribution >= 0.6 is 24.0 Å². The van der Waals surface area contributed by atoms with E-state index in [1.54, 1.807) is 0 Å². The Morgan fingerprint density at radius 1 is 1.22 bits per heavy atom. The van der Waals surface area contributed by atoms with Crippen LogP contribution in [-0.4, -0.2) is 35.4 Å². The largest absolute Gasteiger partial charge is 0.390 e. The second kappa shape index (κ2) is 9.28. The van der Waals surface area contributed by atoms with Gasteiger partial charge in [0.15, 0.2) is 11.8 Å². The number of guanidine groups is 1. The summed E-state index contributed by atoms with van der Waals surface area (Å²) in [5.74, 6) is 1.17. The monoisotopic (exact) mass is 449 g/mol. The van der Waals surface area contributed by atoms with Crippen LogP contribution in [0.15, 0.2) is 9.52 Å². The predicted octanol–water partition coefficient (Wildman–Crippen LogP) is 2.99. The minimum absolute atomic E-state index is 0. The molecule has 23 heavy (non-hydrogen) atoms. The maximum atomic E-state index is 12.1. The average Bonchev–Trinajstić information content (AvgIpc) is 2.83. The van der Waals surface area contributed by atoms with Crippen LogP contribution in [0.25, 0.3) is 0 Å². The highest BCUT2D eigenvalue weighted by Gasteiger charge is 2.26. The Kier molecular flexibility index (Phi) is 8.85. The van der Waals surface area contributed by atoms with Crippen molar-refractivity contribution < 1.29 is 17.7 Å². The summed E-state index contributed by atoms with van der Waals surface area (Å²) in [7, 11) is 0. The quantitative estimate of drug-likeness (QED) is 0.411. The van der Waals surface area contributed by atoms with E-state index in [0.29, 0.717) is 18.3 Å². The van der Waals surface area contributed by atoms with Crippen molar-refractivity contribution in [2.45, 2.75) is 52.3 Å². The fourth-order valence-electron chi connectivity index (χ4n) is 1.44. The molecule has 1 aromatic rings. The van der Waals surface area contributed by atoms with E-state index in [1.807, 2.05) is 27.7 Å². The summed E-state index contributed by atoms with van der Waals surface area (Å²) in [4.78, 5) is 8.35. The SMILES string of the molecule is CCNC(=NCc1noc(C(C)(C)C)n1)NCCC(F)(F)F.I. The Balaban J connectivity index is 0.00000484. The van der Waals surface area contributed by atoms with E-state index in [4.69, 9.17) is 4.52 Å². The molecule has 0 fully saturated rings. The molecule has 0 aliphatic carbocycles. The molecule has 0 radical (unpaired) electrons. The van der Waals surface area contributed by atoms with E-state index in [-0.39, 0.29) is 48.4 Å². The molecule has 134 valence electrons. The number of rotatable bonds is 5. The molecule has 0 unspecified atom stereocenters. The molecular formula is C13H23F3IN5O. The third kappa shape index (κ3) is 8.96. The molecule has 0 saturated carbocycles. The number of hydrogen-bond acceptors (Lipinski definition) is 4. The molecule has 10 heteroatoms. The van der Waals surface area contributed by atoms with Crippen molar-refractivity contribution in [1.82, 2.24) is 20.8 Å². The molecular weight excluding hydrogens is 426 g/mol. The van der Waals surface area contributed by atoms with Gasteiger partial charge in [0, 0.05) is 18.5 Å². The van der Waals surface area contributed by atoms with Crippen LogP contribution in [0.5, 0.6) is 0 Å². The number of alkyl halides is 3. The first-order valence-corrected chi connectivity index (χ1v) is 7.04. The van der Waals surface area contributed by atoms with Gasteiger partial charge in [-0.1, -0.05) is 25.9 Å². The Labute approximate surface area is 150 Å². The lowest BCUT2D eigenvalue weighted by Crippen LogP contribution is -2.38. The van der Waals surface area contributed by atoms with Crippen molar-refractivity contribution in [1.29, 1.82) is 0 Å². The molecule has 0 saturated heterocycles. The summed E-state index contributed by atoms with van der Waals surface area (Å²) >= 11 is 0. The Hall–Kier alpha value is -1.07. The standard InChI is InChI=1S/C13H22F3N5O.HI/c1-5-17-11(18-7-6-13(14,15)16)19-8-9-20-10(22-21-9)12(2,3)4;/h5-8H2,1-4H3,(H2,17,18,19);1H. The summed E-state index contributed by atoms with van der Waals surface area (Å²) in [6.45, 7) is 8.07. The number of nitrogens with one attached hydrogen (secondary N) is 2. The van der Waals surface area contributed by atoms with Crippen molar-refractivity contribution in [2.75, 3.05) is 13.1 Å². The third-order valence-corrected chi connectivity index (χ3v) is 2.53. The minimum Gasteiger partial charge on any atom is -0.357 e. The lowest BCUT2D eigenvalue weighted by Gasteiger charge is -2.12.